The molecule has 2 aliphatic rings. The molecule has 2 rings (SSSR count). The first-order valence-corrected chi connectivity index (χ1v) is 3.65. The predicted molar refractivity (Wildman–Crippen MR) is 34.4 cm³/mol. The second-order valence-electron chi connectivity index (χ2n) is 3.20. The van der Waals surface area contributed by atoms with Crippen LogP contribution in [0.15, 0.2) is 0 Å². The van der Waals surface area contributed by atoms with Gasteiger partial charge in [-0.05, 0) is 13.8 Å². The molecule has 0 saturated carbocycles. The zero-order valence-electron chi connectivity index (χ0n) is 6.29. The quantitative estimate of drug-likeness (QED) is 0.505. The Bertz CT molecular complexity index is 130. The third-order valence-corrected chi connectivity index (χ3v) is 1.82. The van der Waals surface area contributed by atoms with E-state index in [4.69, 9.17) is 14.2 Å². The molecular formula is C7H12O3. The first-order valence-electron chi connectivity index (χ1n) is 3.65. The predicted octanol–water partition coefficient (Wildman–Crippen LogP) is 0.884. The van der Waals surface area contributed by atoms with Crippen LogP contribution in [0.5, 0.6) is 0 Å². The molecule has 0 radical (unpaired) electrons. The lowest BCUT2D eigenvalue weighted by atomic mass is 10.3. The van der Waals surface area contributed by atoms with E-state index in [0.29, 0.717) is 0 Å². The highest BCUT2D eigenvalue weighted by Gasteiger charge is 2.44. The topological polar surface area (TPSA) is 27.7 Å². The fourth-order valence-electron chi connectivity index (χ4n) is 1.44. The molecule has 3 nitrogen and oxygen atoms in total. The Hall–Kier alpha value is -0.120. The van der Waals surface area contributed by atoms with Gasteiger partial charge in [0.15, 0.2) is 12.1 Å². The lowest BCUT2D eigenvalue weighted by Gasteiger charge is -2.17. The fourth-order valence-corrected chi connectivity index (χ4v) is 1.44. The van der Waals surface area contributed by atoms with Crippen LogP contribution in [-0.2, 0) is 14.2 Å². The van der Waals surface area contributed by atoms with E-state index in [-0.39, 0.29) is 12.4 Å². The molecule has 0 unspecified atom stereocenters. The van der Waals surface area contributed by atoms with Crippen LogP contribution < -0.4 is 0 Å². The van der Waals surface area contributed by atoms with Gasteiger partial charge in [0.25, 0.3) is 0 Å². The van der Waals surface area contributed by atoms with Crippen molar-refractivity contribution in [1.82, 2.24) is 0 Å². The largest absolute Gasteiger partial charge is 0.350 e. The molecule has 58 valence electrons. The Morgan fingerprint density at radius 1 is 1.30 bits per heavy atom. The molecule has 10 heavy (non-hydrogen) atoms. The van der Waals surface area contributed by atoms with Crippen molar-refractivity contribution >= 4 is 0 Å². The fraction of sp³-hybridized carbons (Fsp3) is 1.00. The Kier molecular flexibility index (Phi) is 1.27. The van der Waals surface area contributed by atoms with E-state index >= 15 is 0 Å². The standard InChI is InChI=1S/C7H12O3/c1-7(2)9-5-3-4-8-6(5)10-7/h5-6H,3-4H2,1-2H3/t5-,6-/m1/s1. The van der Waals surface area contributed by atoms with Crippen LogP contribution in [0.25, 0.3) is 0 Å². The minimum absolute atomic E-state index is 0.102. The Labute approximate surface area is 60.3 Å². The van der Waals surface area contributed by atoms with Crippen LogP contribution in [-0.4, -0.2) is 24.8 Å². The normalized spacial score (nSPS) is 43.8. The molecule has 0 aromatic rings. The van der Waals surface area contributed by atoms with Crippen LogP contribution in [0.2, 0.25) is 0 Å². The average Bonchev–Trinajstić information content (AvgIpc) is 2.20. The molecule has 0 aliphatic carbocycles. The van der Waals surface area contributed by atoms with Gasteiger partial charge in [0.1, 0.15) is 6.10 Å². The molecule has 3 heteroatoms. The summed E-state index contributed by atoms with van der Waals surface area (Å²) >= 11 is 0. The summed E-state index contributed by atoms with van der Waals surface area (Å²) in [6.45, 7) is 4.59. The maximum atomic E-state index is 5.53. The SMILES string of the molecule is CC1(C)O[C@H]2OCC[C@H]2O1. The summed E-state index contributed by atoms with van der Waals surface area (Å²) in [4.78, 5) is 0. The van der Waals surface area contributed by atoms with E-state index < -0.39 is 5.79 Å². The molecule has 0 aromatic heterocycles. The lowest BCUT2D eigenvalue weighted by molar-refractivity contribution is -0.192. The first-order chi connectivity index (χ1) is 4.67. The smallest absolute Gasteiger partial charge is 0.187 e. The second-order valence-corrected chi connectivity index (χ2v) is 3.20. The number of hydrogen-bond acceptors (Lipinski definition) is 3. The minimum Gasteiger partial charge on any atom is -0.350 e. The van der Waals surface area contributed by atoms with Crippen molar-refractivity contribution in [3.05, 3.63) is 0 Å². The monoisotopic (exact) mass is 144 g/mol. The molecule has 0 spiro atoms. The highest BCUT2D eigenvalue weighted by molar-refractivity contribution is 4.79. The third-order valence-electron chi connectivity index (χ3n) is 1.82. The van der Waals surface area contributed by atoms with Gasteiger partial charge in [-0.1, -0.05) is 0 Å². The maximum Gasteiger partial charge on any atom is 0.187 e. The highest BCUT2D eigenvalue weighted by atomic mass is 16.8. The summed E-state index contributed by atoms with van der Waals surface area (Å²) < 4.78 is 16.2. The number of fused-ring (bicyclic) bond motifs is 1. The maximum absolute atomic E-state index is 5.53. The van der Waals surface area contributed by atoms with E-state index in [1.165, 1.54) is 0 Å². The van der Waals surface area contributed by atoms with Gasteiger partial charge in [0.05, 0.1) is 6.61 Å². The van der Waals surface area contributed by atoms with Gasteiger partial charge >= 0.3 is 0 Å². The van der Waals surface area contributed by atoms with Gasteiger partial charge in [0, 0.05) is 6.42 Å². The van der Waals surface area contributed by atoms with Gasteiger partial charge in [-0.2, -0.15) is 0 Å². The average molecular weight is 144 g/mol. The molecule has 2 fully saturated rings. The first kappa shape index (κ1) is 6.58. The summed E-state index contributed by atoms with van der Waals surface area (Å²) in [6, 6.07) is 0. The molecule has 2 atom stereocenters. The Morgan fingerprint density at radius 2 is 2.10 bits per heavy atom. The molecule has 0 N–H and O–H groups in total. The summed E-state index contributed by atoms with van der Waals surface area (Å²) in [6.07, 6.45) is 1.04. The lowest BCUT2D eigenvalue weighted by Crippen LogP contribution is -2.22. The molecule has 0 bridgehead atoms. The van der Waals surface area contributed by atoms with E-state index in [1.54, 1.807) is 0 Å². The van der Waals surface area contributed by atoms with Crippen molar-refractivity contribution in [3.63, 3.8) is 0 Å². The van der Waals surface area contributed by atoms with Gasteiger partial charge < -0.3 is 14.2 Å². The van der Waals surface area contributed by atoms with E-state index in [0.717, 1.165) is 13.0 Å². The summed E-state index contributed by atoms with van der Waals surface area (Å²) in [5.74, 6) is -0.435. The van der Waals surface area contributed by atoms with Crippen molar-refractivity contribution in [1.29, 1.82) is 0 Å². The Morgan fingerprint density at radius 3 is 2.80 bits per heavy atom. The molecule has 2 saturated heterocycles. The second kappa shape index (κ2) is 1.94. The van der Waals surface area contributed by atoms with Crippen molar-refractivity contribution in [2.75, 3.05) is 6.61 Å². The molecule has 2 aliphatic heterocycles. The van der Waals surface area contributed by atoms with Crippen LogP contribution in [0.4, 0.5) is 0 Å². The highest BCUT2D eigenvalue weighted by Crippen LogP contribution is 2.33. The van der Waals surface area contributed by atoms with Crippen LogP contribution >= 0.6 is 0 Å². The molecule has 0 amide bonds. The molecular weight excluding hydrogens is 132 g/mol. The number of hydrogen-bond donors (Lipinski definition) is 0. The van der Waals surface area contributed by atoms with Crippen LogP contribution in [0, 0.1) is 0 Å². The van der Waals surface area contributed by atoms with Crippen molar-refractivity contribution in [2.45, 2.75) is 38.4 Å². The van der Waals surface area contributed by atoms with Gasteiger partial charge in [-0.15, -0.1) is 0 Å². The van der Waals surface area contributed by atoms with Gasteiger partial charge in [0.2, 0.25) is 0 Å². The summed E-state index contributed by atoms with van der Waals surface area (Å²) in [5, 5.41) is 0. The Balaban J connectivity index is 2.07. The summed E-state index contributed by atoms with van der Waals surface area (Å²) in [5.41, 5.74) is 0. The minimum atomic E-state index is -0.435. The van der Waals surface area contributed by atoms with Crippen molar-refractivity contribution in [3.8, 4) is 0 Å². The van der Waals surface area contributed by atoms with E-state index in [9.17, 15) is 0 Å². The van der Waals surface area contributed by atoms with Crippen molar-refractivity contribution < 1.29 is 14.2 Å². The van der Waals surface area contributed by atoms with Crippen molar-refractivity contribution in [2.24, 2.45) is 0 Å². The third kappa shape index (κ3) is 0.944. The number of rotatable bonds is 0. The zero-order chi connectivity index (χ0) is 7.19. The summed E-state index contributed by atoms with van der Waals surface area (Å²) in [7, 11) is 0. The van der Waals surface area contributed by atoms with E-state index in [2.05, 4.69) is 0 Å². The van der Waals surface area contributed by atoms with Crippen LogP contribution in [0.3, 0.4) is 0 Å². The van der Waals surface area contributed by atoms with Gasteiger partial charge in [-0.25, -0.2) is 0 Å². The van der Waals surface area contributed by atoms with E-state index in [1.807, 2.05) is 13.8 Å². The van der Waals surface area contributed by atoms with Crippen LogP contribution in [0.1, 0.15) is 20.3 Å². The van der Waals surface area contributed by atoms with Gasteiger partial charge in [-0.3, -0.25) is 0 Å². The molecule has 2 heterocycles. The number of ether oxygens (including phenoxy) is 3. The zero-order valence-corrected chi connectivity index (χ0v) is 6.29. The molecule has 0 aromatic carbocycles.